The molecule has 0 aliphatic rings. The Hall–Kier alpha value is -0.590. The number of unbranched alkanes of at least 4 members (excludes halogenated alkanes) is 2. The van der Waals surface area contributed by atoms with Crippen molar-refractivity contribution in [3.63, 3.8) is 0 Å². The van der Waals surface area contributed by atoms with Gasteiger partial charge in [-0.3, -0.25) is 0 Å². The zero-order chi connectivity index (χ0) is 9.45. The van der Waals surface area contributed by atoms with Gasteiger partial charge < -0.3 is 4.79 Å². The van der Waals surface area contributed by atoms with Crippen molar-refractivity contribution in [2.45, 2.75) is 46.5 Å². The molecule has 0 bridgehead atoms. The highest BCUT2D eigenvalue weighted by Crippen LogP contribution is 2.20. The van der Waals surface area contributed by atoms with Crippen molar-refractivity contribution in [1.29, 1.82) is 0 Å². The van der Waals surface area contributed by atoms with E-state index < -0.39 is 0 Å². The molecule has 0 heterocycles. The first-order valence-corrected chi connectivity index (χ1v) is 4.70. The fraction of sp³-hybridized carbons (Fsp3) is 0.727. The first-order chi connectivity index (χ1) is 5.62. The largest absolute Gasteiger partial charge is 0.303 e. The van der Waals surface area contributed by atoms with Crippen molar-refractivity contribution >= 4 is 6.29 Å². The molecular weight excluding hydrogens is 148 g/mol. The monoisotopic (exact) mass is 168 g/mol. The van der Waals surface area contributed by atoms with Crippen LogP contribution in [0.5, 0.6) is 0 Å². The minimum Gasteiger partial charge on any atom is -0.303 e. The molecule has 0 aromatic carbocycles. The average Bonchev–Trinajstić information content (AvgIpc) is 2.04. The molecule has 1 heteroatoms. The third-order valence-corrected chi connectivity index (χ3v) is 2.00. The lowest BCUT2D eigenvalue weighted by molar-refractivity contribution is -0.115. The predicted octanol–water partition coefficient (Wildman–Crippen LogP) is 3.35. The lowest BCUT2D eigenvalue weighted by atomic mass is 9.89. The summed E-state index contributed by atoms with van der Waals surface area (Å²) < 4.78 is 0. The Kier molecular flexibility index (Phi) is 5.69. The van der Waals surface area contributed by atoms with E-state index in [-0.39, 0.29) is 5.41 Å². The molecule has 0 saturated heterocycles. The standard InChI is InChI=1S/C11H20O/c1-4-5-6-7-8-9-11(2,3)10-12/h4-5,10H,6-9H2,1-3H3. The summed E-state index contributed by atoms with van der Waals surface area (Å²) in [6.07, 6.45) is 9.80. The summed E-state index contributed by atoms with van der Waals surface area (Å²) in [4.78, 5) is 10.5. The molecule has 0 aliphatic carbocycles. The second kappa shape index (κ2) is 5.99. The van der Waals surface area contributed by atoms with Crippen LogP contribution in [0.4, 0.5) is 0 Å². The van der Waals surface area contributed by atoms with Crippen LogP contribution in [0.1, 0.15) is 46.5 Å². The van der Waals surface area contributed by atoms with Crippen molar-refractivity contribution in [2.75, 3.05) is 0 Å². The van der Waals surface area contributed by atoms with E-state index in [9.17, 15) is 4.79 Å². The van der Waals surface area contributed by atoms with Gasteiger partial charge in [-0.15, -0.1) is 0 Å². The molecule has 0 N–H and O–H groups in total. The molecule has 0 amide bonds. The van der Waals surface area contributed by atoms with E-state index in [2.05, 4.69) is 12.2 Å². The summed E-state index contributed by atoms with van der Waals surface area (Å²) in [5.74, 6) is 0. The van der Waals surface area contributed by atoms with E-state index in [0.29, 0.717) is 0 Å². The van der Waals surface area contributed by atoms with Gasteiger partial charge in [0.15, 0.2) is 0 Å². The van der Waals surface area contributed by atoms with Crippen LogP contribution in [-0.4, -0.2) is 6.29 Å². The number of rotatable bonds is 6. The Bertz CT molecular complexity index is 145. The SMILES string of the molecule is CC=CCCCCC(C)(C)C=O. The van der Waals surface area contributed by atoms with Gasteiger partial charge in [-0.1, -0.05) is 32.4 Å². The van der Waals surface area contributed by atoms with E-state index in [0.717, 1.165) is 25.5 Å². The minimum absolute atomic E-state index is 0.115. The zero-order valence-electron chi connectivity index (χ0n) is 8.47. The van der Waals surface area contributed by atoms with Crippen LogP contribution in [-0.2, 0) is 4.79 Å². The van der Waals surface area contributed by atoms with Gasteiger partial charge in [0.25, 0.3) is 0 Å². The summed E-state index contributed by atoms with van der Waals surface area (Å²) >= 11 is 0. The number of hydrogen-bond donors (Lipinski definition) is 0. The van der Waals surface area contributed by atoms with Crippen molar-refractivity contribution in [3.8, 4) is 0 Å². The molecule has 0 unspecified atom stereocenters. The fourth-order valence-corrected chi connectivity index (χ4v) is 1.07. The maximum absolute atomic E-state index is 10.5. The Morgan fingerprint density at radius 3 is 2.42 bits per heavy atom. The number of carbonyl (C=O) groups is 1. The van der Waals surface area contributed by atoms with Crippen LogP contribution in [0.2, 0.25) is 0 Å². The highest BCUT2D eigenvalue weighted by Gasteiger charge is 2.14. The number of allylic oxidation sites excluding steroid dienone is 2. The van der Waals surface area contributed by atoms with Crippen molar-refractivity contribution in [2.24, 2.45) is 5.41 Å². The maximum Gasteiger partial charge on any atom is 0.125 e. The second-order valence-electron chi connectivity index (χ2n) is 3.92. The molecule has 0 aromatic rings. The zero-order valence-corrected chi connectivity index (χ0v) is 8.47. The highest BCUT2D eigenvalue weighted by molar-refractivity contribution is 5.57. The van der Waals surface area contributed by atoms with Gasteiger partial charge in [0.05, 0.1) is 0 Å². The van der Waals surface area contributed by atoms with Gasteiger partial charge in [0.1, 0.15) is 6.29 Å². The quantitative estimate of drug-likeness (QED) is 0.338. The van der Waals surface area contributed by atoms with Crippen molar-refractivity contribution in [1.82, 2.24) is 0 Å². The van der Waals surface area contributed by atoms with Crippen LogP contribution in [0.3, 0.4) is 0 Å². The first kappa shape index (κ1) is 11.4. The summed E-state index contributed by atoms with van der Waals surface area (Å²) in [6.45, 7) is 6.03. The minimum atomic E-state index is -0.115. The molecular formula is C11H20O. The fourth-order valence-electron chi connectivity index (χ4n) is 1.07. The van der Waals surface area contributed by atoms with E-state index in [4.69, 9.17) is 0 Å². The van der Waals surface area contributed by atoms with E-state index in [1.54, 1.807) is 0 Å². The number of hydrogen-bond acceptors (Lipinski definition) is 1. The molecule has 1 nitrogen and oxygen atoms in total. The van der Waals surface area contributed by atoms with Crippen molar-refractivity contribution < 1.29 is 4.79 Å². The smallest absolute Gasteiger partial charge is 0.125 e. The highest BCUT2D eigenvalue weighted by atomic mass is 16.1. The predicted molar refractivity (Wildman–Crippen MR) is 53.1 cm³/mol. The van der Waals surface area contributed by atoms with Crippen LogP contribution in [0.25, 0.3) is 0 Å². The molecule has 0 radical (unpaired) electrons. The molecule has 0 atom stereocenters. The summed E-state index contributed by atoms with van der Waals surface area (Å²) in [5.41, 5.74) is -0.115. The van der Waals surface area contributed by atoms with Gasteiger partial charge in [-0.25, -0.2) is 0 Å². The Labute approximate surface area is 75.9 Å². The molecule has 70 valence electrons. The lowest BCUT2D eigenvalue weighted by Gasteiger charge is -2.15. The Balaban J connectivity index is 3.36. The van der Waals surface area contributed by atoms with Crippen LogP contribution >= 0.6 is 0 Å². The molecule has 12 heavy (non-hydrogen) atoms. The molecule has 0 spiro atoms. The average molecular weight is 168 g/mol. The topological polar surface area (TPSA) is 17.1 Å². The Morgan fingerprint density at radius 1 is 1.25 bits per heavy atom. The summed E-state index contributed by atoms with van der Waals surface area (Å²) in [5, 5.41) is 0. The van der Waals surface area contributed by atoms with Gasteiger partial charge in [0.2, 0.25) is 0 Å². The number of aldehydes is 1. The first-order valence-electron chi connectivity index (χ1n) is 4.70. The normalized spacial score (nSPS) is 12.2. The Morgan fingerprint density at radius 2 is 1.92 bits per heavy atom. The number of carbonyl (C=O) groups excluding carboxylic acids is 1. The molecule has 0 rings (SSSR count). The lowest BCUT2D eigenvalue weighted by Crippen LogP contribution is -2.12. The molecule has 0 saturated carbocycles. The van der Waals surface area contributed by atoms with Crippen LogP contribution in [0, 0.1) is 5.41 Å². The third kappa shape index (κ3) is 6.14. The van der Waals surface area contributed by atoms with Gasteiger partial charge >= 0.3 is 0 Å². The van der Waals surface area contributed by atoms with Gasteiger partial charge in [-0.2, -0.15) is 0 Å². The summed E-state index contributed by atoms with van der Waals surface area (Å²) in [6, 6.07) is 0. The van der Waals surface area contributed by atoms with Gasteiger partial charge in [0, 0.05) is 5.41 Å². The molecule has 0 aromatic heterocycles. The maximum atomic E-state index is 10.5. The third-order valence-electron chi connectivity index (χ3n) is 2.00. The molecule has 0 fully saturated rings. The van der Waals surface area contributed by atoms with Crippen LogP contribution < -0.4 is 0 Å². The molecule has 0 aliphatic heterocycles. The van der Waals surface area contributed by atoms with E-state index >= 15 is 0 Å². The second-order valence-corrected chi connectivity index (χ2v) is 3.92. The van der Waals surface area contributed by atoms with Crippen molar-refractivity contribution in [3.05, 3.63) is 12.2 Å². The van der Waals surface area contributed by atoms with E-state index in [1.807, 2.05) is 20.8 Å². The summed E-state index contributed by atoms with van der Waals surface area (Å²) in [7, 11) is 0. The van der Waals surface area contributed by atoms with Gasteiger partial charge in [-0.05, 0) is 26.2 Å². The van der Waals surface area contributed by atoms with E-state index in [1.165, 1.54) is 6.42 Å². The van der Waals surface area contributed by atoms with Crippen LogP contribution in [0.15, 0.2) is 12.2 Å².